The lowest BCUT2D eigenvalue weighted by atomic mass is 10.1. The number of hydrogen-bond acceptors (Lipinski definition) is 5. The minimum Gasteiger partial charge on any atom is -0.383 e. The van der Waals surface area contributed by atoms with Gasteiger partial charge in [0.1, 0.15) is 5.82 Å². The van der Waals surface area contributed by atoms with Gasteiger partial charge in [0.15, 0.2) is 0 Å². The quantitative estimate of drug-likeness (QED) is 0.511. The van der Waals surface area contributed by atoms with E-state index in [-0.39, 0.29) is 6.04 Å². The summed E-state index contributed by atoms with van der Waals surface area (Å²) in [5.41, 5.74) is 5.04. The van der Waals surface area contributed by atoms with E-state index in [1.54, 1.807) is 16.9 Å². The van der Waals surface area contributed by atoms with Gasteiger partial charge in [0, 0.05) is 37.1 Å². The highest BCUT2D eigenvalue weighted by Gasteiger charge is 2.34. The Hall–Kier alpha value is -2.13. The molecule has 0 amide bonds. The third kappa shape index (κ3) is 11.4. The molecule has 1 aliphatic heterocycles. The van der Waals surface area contributed by atoms with Gasteiger partial charge in [-0.05, 0) is 58.5 Å². The number of halogens is 3. The number of nitrogen functional groups attached to an aromatic ring is 1. The minimum absolute atomic E-state index is 0.137. The smallest absolute Gasteiger partial charge is 0.383 e. The lowest BCUT2D eigenvalue weighted by molar-refractivity contribution is -0.137. The molecule has 4 rings (SSSR count). The molecule has 2 fully saturated rings. The van der Waals surface area contributed by atoms with E-state index in [2.05, 4.69) is 34.3 Å². The van der Waals surface area contributed by atoms with Crippen LogP contribution in [0.1, 0.15) is 78.3 Å². The van der Waals surface area contributed by atoms with Crippen molar-refractivity contribution in [3.63, 3.8) is 0 Å². The van der Waals surface area contributed by atoms with Crippen molar-refractivity contribution in [2.24, 2.45) is 5.92 Å². The van der Waals surface area contributed by atoms with Crippen molar-refractivity contribution in [1.29, 1.82) is 0 Å². The maximum atomic E-state index is 12.7. The Morgan fingerprint density at radius 2 is 1.74 bits per heavy atom. The van der Waals surface area contributed by atoms with Gasteiger partial charge < -0.3 is 16.0 Å². The number of likely N-dealkylation sites (N-methyl/N-ethyl adjacent to an activating group) is 1. The van der Waals surface area contributed by atoms with Crippen molar-refractivity contribution in [3.8, 4) is 11.3 Å². The molecule has 0 spiro atoms. The number of nitrogens with zero attached hydrogens (tertiary/aromatic N) is 4. The fraction of sp³-hybridized carbons (Fsp3) is 0.692. The van der Waals surface area contributed by atoms with E-state index >= 15 is 0 Å². The van der Waals surface area contributed by atoms with Crippen LogP contribution in [0.3, 0.4) is 0 Å². The van der Waals surface area contributed by atoms with E-state index in [9.17, 15) is 13.2 Å². The summed E-state index contributed by atoms with van der Waals surface area (Å²) in [6, 6.07) is 2.75. The maximum Gasteiger partial charge on any atom is 0.419 e. The Balaban J connectivity index is 0.000000312. The van der Waals surface area contributed by atoms with Gasteiger partial charge in [-0.1, -0.05) is 46.5 Å². The molecular weight excluding hydrogens is 453 g/mol. The van der Waals surface area contributed by atoms with Crippen molar-refractivity contribution in [3.05, 3.63) is 30.1 Å². The number of alkyl halides is 3. The van der Waals surface area contributed by atoms with Gasteiger partial charge in [-0.2, -0.15) is 18.3 Å². The number of hydrogen-bond donors (Lipinski definition) is 2. The highest BCUT2D eigenvalue weighted by atomic mass is 19.4. The van der Waals surface area contributed by atoms with Crippen LogP contribution in [0.25, 0.3) is 11.3 Å². The standard InChI is InChI=1S/C12H13F3N4.C6H14N2.C6H12.C2H6/c1-7(2)19-4-3-10(18-19)8-5-9(12(13,14)15)11(16)17-6-8;1-8-5-2-3-7-4-6-8;1-6-4-2-3-5-6;1-2/h3-7H,1-2H3,(H2,16,17);7H,2-6H2,1H3;6H,2-5H2,1H3;1-2H3. The van der Waals surface area contributed by atoms with Crippen LogP contribution >= 0.6 is 0 Å². The second kappa shape index (κ2) is 15.8. The second-order valence-corrected chi connectivity index (χ2v) is 9.23. The number of nitrogens with one attached hydrogen (secondary N) is 1. The second-order valence-electron chi connectivity index (χ2n) is 9.23. The number of pyridine rings is 1. The molecule has 3 N–H and O–H groups in total. The van der Waals surface area contributed by atoms with Crippen molar-refractivity contribution < 1.29 is 13.2 Å². The lowest BCUT2D eigenvalue weighted by Gasteiger charge is -2.10. The molecule has 0 bridgehead atoms. The summed E-state index contributed by atoms with van der Waals surface area (Å²) in [4.78, 5) is 5.95. The Labute approximate surface area is 209 Å². The molecule has 2 aliphatic rings. The summed E-state index contributed by atoms with van der Waals surface area (Å²) in [5.74, 6) is 0.518. The minimum atomic E-state index is -4.52. The molecular formula is C26H45F3N6. The zero-order valence-electron chi connectivity index (χ0n) is 22.3. The van der Waals surface area contributed by atoms with Gasteiger partial charge >= 0.3 is 6.18 Å². The summed E-state index contributed by atoms with van der Waals surface area (Å²) < 4.78 is 39.9. The number of nitrogens with two attached hydrogens (primary N) is 1. The molecule has 2 aromatic heterocycles. The van der Waals surface area contributed by atoms with Crippen LogP contribution in [-0.2, 0) is 6.18 Å². The van der Waals surface area contributed by atoms with Crippen molar-refractivity contribution in [1.82, 2.24) is 25.0 Å². The Bertz CT molecular complexity index is 821. The van der Waals surface area contributed by atoms with E-state index in [0.29, 0.717) is 11.3 Å². The van der Waals surface area contributed by atoms with Gasteiger partial charge in [0.05, 0.1) is 11.3 Å². The molecule has 0 atom stereocenters. The Morgan fingerprint density at radius 1 is 1.09 bits per heavy atom. The summed E-state index contributed by atoms with van der Waals surface area (Å²) in [6.07, 6.45) is 5.73. The topological polar surface area (TPSA) is 72.0 Å². The van der Waals surface area contributed by atoms with Crippen LogP contribution < -0.4 is 11.1 Å². The normalized spacial score (nSPS) is 16.9. The van der Waals surface area contributed by atoms with Crippen LogP contribution in [0.4, 0.5) is 19.0 Å². The zero-order valence-corrected chi connectivity index (χ0v) is 22.3. The van der Waals surface area contributed by atoms with Crippen LogP contribution in [0.15, 0.2) is 24.5 Å². The Morgan fingerprint density at radius 3 is 2.26 bits per heavy atom. The first-order valence-corrected chi connectivity index (χ1v) is 12.9. The molecule has 200 valence electrons. The molecule has 35 heavy (non-hydrogen) atoms. The van der Waals surface area contributed by atoms with Crippen LogP contribution in [0.5, 0.6) is 0 Å². The third-order valence-electron chi connectivity index (χ3n) is 5.86. The molecule has 3 heterocycles. The average molecular weight is 499 g/mol. The number of aromatic nitrogens is 3. The SMILES string of the molecule is CC.CC(C)n1ccc(-c2cnc(N)c(C(F)(F)F)c2)n1.CC1CCCC1.CN1CCCNCC1. The van der Waals surface area contributed by atoms with Crippen LogP contribution in [0, 0.1) is 5.92 Å². The van der Waals surface area contributed by atoms with E-state index in [1.807, 2.05) is 27.7 Å². The largest absolute Gasteiger partial charge is 0.419 e. The van der Waals surface area contributed by atoms with E-state index in [0.717, 1.165) is 18.5 Å². The summed E-state index contributed by atoms with van der Waals surface area (Å²) in [6.45, 7) is 15.0. The molecule has 6 nitrogen and oxygen atoms in total. The summed E-state index contributed by atoms with van der Waals surface area (Å²) in [5, 5.41) is 7.54. The predicted molar refractivity (Wildman–Crippen MR) is 139 cm³/mol. The first kappa shape index (κ1) is 30.9. The highest BCUT2D eigenvalue weighted by Crippen LogP contribution is 2.34. The number of anilines is 1. The lowest BCUT2D eigenvalue weighted by Crippen LogP contribution is -2.23. The molecule has 0 aromatic carbocycles. The fourth-order valence-electron chi connectivity index (χ4n) is 3.73. The van der Waals surface area contributed by atoms with Crippen molar-refractivity contribution >= 4 is 5.82 Å². The molecule has 1 aliphatic carbocycles. The van der Waals surface area contributed by atoms with Gasteiger partial charge in [-0.15, -0.1) is 0 Å². The van der Waals surface area contributed by atoms with Gasteiger partial charge in [0.2, 0.25) is 0 Å². The number of rotatable bonds is 2. The molecule has 0 unspecified atom stereocenters. The van der Waals surface area contributed by atoms with Gasteiger partial charge in [-0.3, -0.25) is 4.68 Å². The summed E-state index contributed by atoms with van der Waals surface area (Å²) >= 11 is 0. The summed E-state index contributed by atoms with van der Waals surface area (Å²) in [7, 11) is 2.17. The molecule has 0 radical (unpaired) electrons. The van der Waals surface area contributed by atoms with Crippen LogP contribution in [-0.4, -0.2) is 52.9 Å². The fourth-order valence-corrected chi connectivity index (χ4v) is 3.73. The third-order valence-corrected chi connectivity index (χ3v) is 5.86. The predicted octanol–water partition coefficient (Wildman–Crippen LogP) is 6.26. The molecule has 1 saturated carbocycles. The molecule has 1 saturated heterocycles. The maximum absolute atomic E-state index is 12.7. The monoisotopic (exact) mass is 498 g/mol. The van der Waals surface area contributed by atoms with Gasteiger partial charge in [-0.25, -0.2) is 4.98 Å². The first-order chi connectivity index (χ1) is 16.6. The first-order valence-electron chi connectivity index (χ1n) is 12.9. The highest BCUT2D eigenvalue weighted by molar-refractivity contribution is 5.61. The van der Waals surface area contributed by atoms with Gasteiger partial charge in [0.25, 0.3) is 0 Å². The van der Waals surface area contributed by atoms with E-state index in [4.69, 9.17) is 5.73 Å². The Kier molecular flexibility index (Phi) is 13.9. The molecule has 2 aromatic rings. The average Bonchev–Trinajstić information content (AvgIpc) is 3.44. The van der Waals surface area contributed by atoms with Crippen molar-refractivity contribution in [2.45, 2.75) is 78.9 Å². The zero-order chi connectivity index (χ0) is 26.4. The van der Waals surface area contributed by atoms with E-state index in [1.165, 1.54) is 57.9 Å². The van der Waals surface area contributed by atoms with Crippen LogP contribution in [0.2, 0.25) is 0 Å². The molecule has 9 heteroatoms. The van der Waals surface area contributed by atoms with Crippen molar-refractivity contribution in [2.75, 3.05) is 39.0 Å². The van der Waals surface area contributed by atoms with E-state index < -0.39 is 17.6 Å².